The minimum atomic E-state index is -1.04. The Kier molecular flexibility index (Phi) is 6.03. The second kappa shape index (κ2) is 7.45. The van der Waals surface area contributed by atoms with Crippen LogP contribution in [0.25, 0.3) is 0 Å². The topological polar surface area (TPSA) is 35.5 Å². The maximum atomic E-state index is 12.2. The number of carbonyl (C=O) groups is 1. The monoisotopic (exact) mass is 336 g/mol. The summed E-state index contributed by atoms with van der Waals surface area (Å²) in [6, 6.07) is 1.16. The van der Waals surface area contributed by atoms with E-state index in [4.69, 9.17) is 9.47 Å². The van der Waals surface area contributed by atoms with E-state index < -0.39 is 8.07 Å². The Morgan fingerprint density at radius 3 is 2.74 bits per heavy atom. The lowest BCUT2D eigenvalue weighted by Gasteiger charge is -2.39. The average molecular weight is 337 g/mol. The van der Waals surface area contributed by atoms with Gasteiger partial charge in [-0.25, -0.2) is 0 Å². The van der Waals surface area contributed by atoms with Crippen LogP contribution in [0.1, 0.15) is 25.7 Å². The molecule has 2 rings (SSSR count). The molecule has 2 aliphatic rings. The van der Waals surface area contributed by atoms with Crippen LogP contribution in [0.3, 0.4) is 0 Å². The van der Waals surface area contributed by atoms with E-state index in [9.17, 15) is 4.79 Å². The fraction of sp³-hybridized carbons (Fsp3) is 0.737. The van der Waals surface area contributed by atoms with Crippen LogP contribution in [0, 0.1) is 17.3 Å². The third kappa shape index (κ3) is 4.65. The van der Waals surface area contributed by atoms with Gasteiger partial charge in [0.25, 0.3) is 0 Å². The van der Waals surface area contributed by atoms with Crippen molar-refractivity contribution in [2.24, 2.45) is 17.3 Å². The molecule has 0 saturated heterocycles. The summed E-state index contributed by atoms with van der Waals surface area (Å²) in [6.07, 6.45) is 5.28. The maximum absolute atomic E-state index is 12.2. The molecular formula is C19H32O3Si. The van der Waals surface area contributed by atoms with E-state index in [1.54, 1.807) is 0 Å². The summed E-state index contributed by atoms with van der Waals surface area (Å²) in [4.78, 5) is 12.2. The summed E-state index contributed by atoms with van der Waals surface area (Å²) >= 11 is 0. The van der Waals surface area contributed by atoms with E-state index in [1.165, 1.54) is 0 Å². The zero-order valence-corrected chi connectivity index (χ0v) is 16.0. The van der Waals surface area contributed by atoms with Gasteiger partial charge in [-0.3, -0.25) is 4.79 Å². The van der Waals surface area contributed by atoms with Gasteiger partial charge in [-0.2, -0.15) is 0 Å². The minimum Gasteiger partial charge on any atom is -0.356 e. The van der Waals surface area contributed by atoms with Crippen molar-refractivity contribution in [3.05, 3.63) is 24.8 Å². The number of allylic oxidation sites excluding steroid dienone is 2. The van der Waals surface area contributed by atoms with Crippen LogP contribution in [-0.2, 0) is 14.3 Å². The Labute approximate surface area is 142 Å². The van der Waals surface area contributed by atoms with E-state index in [1.807, 2.05) is 6.08 Å². The van der Waals surface area contributed by atoms with Gasteiger partial charge in [-0.1, -0.05) is 37.9 Å². The molecule has 2 bridgehead atoms. The molecule has 0 aliphatic heterocycles. The molecule has 130 valence electrons. The summed E-state index contributed by atoms with van der Waals surface area (Å²) in [7, 11) is -1.04. The van der Waals surface area contributed by atoms with E-state index in [0.29, 0.717) is 31.5 Å². The number of rotatable bonds is 9. The molecule has 0 heterocycles. The fourth-order valence-corrected chi connectivity index (χ4v) is 4.71. The van der Waals surface area contributed by atoms with E-state index in [0.717, 1.165) is 37.5 Å². The molecule has 2 fully saturated rings. The molecular weight excluding hydrogens is 304 g/mol. The first-order valence-electron chi connectivity index (χ1n) is 8.74. The van der Waals surface area contributed by atoms with Crippen LogP contribution < -0.4 is 0 Å². The van der Waals surface area contributed by atoms with E-state index in [2.05, 4.69) is 32.8 Å². The highest BCUT2D eigenvalue weighted by atomic mass is 28.3. The second-order valence-electron chi connectivity index (χ2n) is 8.53. The first-order valence-corrected chi connectivity index (χ1v) is 12.4. The molecule has 0 amide bonds. The number of fused-ring (bicyclic) bond motifs is 2. The van der Waals surface area contributed by atoms with Crippen LogP contribution in [0.4, 0.5) is 0 Å². The molecule has 0 spiro atoms. The molecule has 3 nitrogen and oxygen atoms in total. The second-order valence-corrected chi connectivity index (χ2v) is 14.2. The zero-order valence-electron chi connectivity index (χ0n) is 15.0. The molecule has 0 aromatic rings. The molecule has 4 heteroatoms. The Morgan fingerprint density at radius 2 is 2.09 bits per heavy atom. The van der Waals surface area contributed by atoms with Crippen LogP contribution in [0.5, 0.6) is 0 Å². The summed E-state index contributed by atoms with van der Waals surface area (Å²) < 4.78 is 11.5. The highest BCUT2D eigenvalue weighted by molar-refractivity contribution is 6.76. The molecule has 23 heavy (non-hydrogen) atoms. The van der Waals surface area contributed by atoms with Crippen molar-refractivity contribution in [1.82, 2.24) is 0 Å². The standard InChI is InChI=1S/C19H32O3Si/c1-6-7-16-10-18(20)17-12-19(16,11-15(17)2)13-22-14-21-8-9-23(3,4)5/h6,16-17H,1-2,7-14H2,3-5H3/t16-,17-,19-/m1/s1. The van der Waals surface area contributed by atoms with Gasteiger partial charge in [-0.15, -0.1) is 6.58 Å². The highest BCUT2D eigenvalue weighted by Crippen LogP contribution is 2.56. The summed E-state index contributed by atoms with van der Waals surface area (Å²) in [5.74, 6) is 0.763. The Morgan fingerprint density at radius 1 is 1.35 bits per heavy atom. The number of ether oxygens (including phenoxy) is 2. The minimum absolute atomic E-state index is 0.0615. The van der Waals surface area contributed by atoms with Crippen molar-refractivity contribution in [2.75, 3.05) is 20.0 Å². The Bertz CT molecular complexity index is 466. The smallest absolute Gasteiger partial charge is 0.146 e. The summed E-state index contributed by atoms with van der Waals surface area (Å²) in [5.41, 5.74) is 1.16. The van der Waals surface area contributed by atoms with Gasteiger partial charge in [0.15, 0.2) is 0 Å². The van der Waals surface area contributed by atoms with Gasteiger partial charge in [0.05, 0.1) is 6.61 Å². The number of hydrogen-bond acceptors (Lipinski definition) is 3. The van der Waals surface area contributed by atoms with Crippen LogP contribution >= 0.6 is 0 Å². The lowest BCUT2D eigenvalue weighted by Crippen LogP contribution is -2.39. The van der Waals surface area contributed by atoms with Crippen molar-refractivity contribution >= 4 is 13.9 Å². The largest absolute Gasteiger partial charge is 0.356 e. The fourth-order valence-electron chi connectivity index (χ4n) is 3.96. The lowest BCUT2D eigenvalue weighted by atomic mass is 9.66. The zero-order chi connectivity index (χ0) is 17.1. The predicted molar refractivity (Wildman–Crippen MR) is 97.1 cm³/mol. The third-order valence-electron chi connectivity index (χ3n) is 5.39. The molecule has 3 atom stereocenters. The van der Waals surface area contributed by atoms with Crippen molar-refractivity contribution in [1.29, 1.82) is 0 Å². The van der Waals surface area contributed by atoms with Crippen LogP contribution in [0.15, 0.2) is 24.8 Å². The third-order valence-corrected chi connectivity index (χ3v) is 7.09. The molecule has 0 aromatic heterocycles. The van der Waals surface area contributed by atoms with Crippen molar-refractivity contribution in [3.8, 4) is 0 Å². The van der Waals surface area contributed by atoms with Gasteiger partial charge in [0.2, 0.25) is 0 Å². The first-order chi connectivity index (χ1) is 10.8. The lowest BCUT2D eigenvalue weighted by molar-refractivity contribution is -0.131. The molecule has 0 unspecified atom stereocenters. The first kappa shape index (κ1) is 18.6. The van der Waals surface area contributed by atoms with Crippen molar-refractivity contribution in [3.63, 3.8) is 0 Å². The van der Waals surface area contributed by atoms with Crippen molar-refractivity contribution in [2.45, 2.75) is 51.4 Å². The van der Waals surface area contributed by atoms with Gasteiger partial charge in [-0.05, 0) is 31.2 Å². The molecule has 0 N–H and O–H groups in total. The molecule has 2 aliphatic carbocycles. The number of Topliss-reactive ketones (excluding diaryl/α,β-unsaturated/α-hetero) is 1. The predicted octanol–water partition coefficient (Wildman–Crippen LogP) is 4.43. The van der Waals surface area contributed by atoms with Crippen LogP contribution in [0.2, 0.25) is 25.7 Å². The molecule has 0 aromatic carbocycles. The van der Waals surface area contributed by atoms with Gasteiger partial charge >= 0.3 is 0 Å². The molecule has 2 saturated carbocycles. The number of hydrogen-bond donors (Lipinski definition) is 0. The van der Waals surface area contributed by atoms with Crippen LogP contribution in [-0.4, -0.2) is 33.9 Å². The van der Waals surface area contributed by atoms with E-state index in [-0.39, 0.29) is 11.3 Å². The molecule has 0 radical (unpaired) electrons. The Hall–Kier alpha value is -0.713. The number of ketones is 1. The normalized spacial score (nSPS) is 30.7. The Balaban J connectivity index is 1.85. The summed E-state index contributed by atoms with van der Waals surface area (Å²) in [6.45, 7) is 16.9. The SMILES string of the molecule is C=CC[C@@H]1CC(=O)[C@@H]2C[C@@]1(COCOCC[Si](C)(C)C)CC2=C. The van der Waals surface area contributed by atoms with E-state index >= 15 is 0 Å². The maximum Gasteiger partial charge on any atom is 0.146 e. The quantitative estimate of drug-likeness (QED) is 0.270. The van der Waals surface area contributed by atoms with Crippen molar-refractivity contribution < 1.29 is 14.3 Å². The summed E-state index contributed by atoms with van der Waals surface area (Å²) in [5, 5.41) is 0. The van der Waals surface area contributed by atoms with Gasteiger partial charge in [0.1, 0.15) is 12.6 Å². The highest BCUT2D eigenvalue weighted by Gasteiger charge is 2.53. The average Bonchev–Trinajstić information content (AvgIpc) is 2.75. The number of carbonyl (C=O) groups excluding carboxylic acids is 1. The van der Waals surface area contributed by atoms with Gasteiger partial charge < -0.3 is 9.47 Å². The van der Waals surface area contributed by atoms with Gasteiger partial charge in [0, 0.05) is 32.4 Å².